The molecule has 0 aliphatic carbocycles. The molecule has 0 radical (unpaired) electrons. The molecule has 1 saturated heterocycles. The Kier molecular flexibility index (Phi) is 4.85. The maximum absolute atomic E-state index is 14.1. The van der Waals surface area contributed by atoms with Crippen molar-refractivity contribution in [1.82, 2.24) is 4.90 Å². The molecule has 0 atom stereocenters. The number of carboxylic acids is 1. The van der Waals surface area contributed by atoms with E-state index < -0.39 is 23.6 Å². The fourth-order valence-corrected chi connectivity index (χ4v) is 2.52. The number of halogens is 1. The number of methoxy groups -OCH3 is 2. The molecule has 2 rings (SSSR count). The van der Waals surface area contributed by atoms with Crippen LogP contribution in [0.15, 0.2) is 12.1 Å². The fourth-order valence-electron chi connectivity index (χ4n) is 2.52. The van der Waals surface area contributed by atoms with Crippen molar-refractivity contribution in [3.05, 3.63) is 23.5 Å². The smallest absolute Gasteiger partial charge is 0.306 e. The van der Waals surface area contributed by atoms with Crippen LogP contribution >= 0.6 is 0 Å². The monoisotopic (exact) mass is 311 g/mol. The number of piperidine rings is 1. The lowest BCUT2D eigenvalue weighted by atomic mass is 9.96. The first-order chi connectivity index (χ1) is 10.5. The molecule has 0 saturated carbocycles. The first-order valence-corrected chi connectivity index (χ1v) is 6.91. The Hall–Kier alpha value is -2.31. The van der Waals surface area contributed by atoms with Gasteiger partial charge in [-0.3, -0.25) is 9.59 Å². The van der Waals surface area contributed by atoms with Crippen LogP contribution in [-0.4, -0.2) is 49.2 Å². The van der Waals surface area contributed by atoms with E-state index in [4.69, 9.17) is 14.6 Å². The number of amides is 1. The topological polar surface area (TPSA) is 76.1 Å². The zero-order valence-electron chi connectivity index (χ0n) is 12.5. The molecule has 0 spiro atoms. The molecule has 22 heavy (non-hydrogen) atoms. The second-order valence-electron chi connectivity index (χ2n) is 5.09. The van der Waals surface area contributed by atoms with Gasteiger partial charge in [0.1, 0.15) is 5.82 Å². The molecule has 1 aliphatic heterocycles. The summed E-state index contributed by atoms with van der Waals surface area (Å²) in [6, 6.07) is 2.41. The summed E-state index contributed by atoms with van der Waals surface area (Å²) in [6.45, 7) is 0.590. The molecule has 1 aromatic rings. The maximum atomic E-state index is 14.1. The predicted octanol–water partition coefficient (Wildman–Crippen LogP) is 1.78. The van der Waals surface area contributed by atoms with Crippen LogP contribution in [0.3, 0.4) is 0 Å². The molecule has 0 unspecified atom stereocenters. The Labute approximate surface area is 127 Å². The number of aliphatic carboxylic acids is 1. The average molecular weight is 311 g/mol. The van der Waals surface area contributed by atoms with Gasteiger partial charge in [-0.25, -0.2) is 4.39 Å². The number of ether oxygens (including phenoxy) is 2. The van der Waals surface area contributed by atoms with Crippen molar-refractivity contribution in [3.63, 3.8) is 0 Å². The van der Waals surface area contributed by atoms with Crippen LogP contribution in [0.1, 0.15) is 23.2 Å². The highest BCUT2D eigenvalue weighted by Gasteiger charge is 2.29. The van der Waals surface area contributed by atoms with Crippen LogP contribution in [0.4, 0.5) is 4.39 Å². The maximum Gasteiger partial charge on any atom is 0.306 e. The highest BCUT2D eigenvalue weighted by molar-refractivity contribution is 5.95. The molecule has 120 valence electrons. The fraction of sp³-hybridized carbons (Fsp3) is 0.467. The van der Waals surface area contributed by atoms with E-state index in [0.717, 1.165) is 6.07 Å². The number of nitrogens with zero attached hydrogens (tertiary/aromatic N) is 1. The molecule has 1 aliphatic rings. The average Bonchev–Trinajstić information content (AvgIpc) is 2.53. The molecule has 0 aromatic heterocycles. The number of carboxylic acid groups (broad SMARTS) is 1. The van der Waals surface area contributed by atoms with Gasteiger partial charge < -0.3 is 19.5 Å². The number of hydrogen-bond acceptors (Lipinski definition) is 4. The lowest BCUT2D eigenvalue weighted by Gasteiger charge is -2.30. The van der Waals surface area contributed by atoms with Crippen molar-refractivity contribution >= 4 is 11.9 Å². The highest BCUT2D eigenvalue weighted by Crippen LogP contribution is 2.31. The summed E-state index contributed by atoms with van der Waals surface area (Å²) in [5.41, 5.74) is -0.105. The molecular formula is C15H18FNO5. The van der Waals surface area contributed by atoms with Gasteiger partial charge in [-0.1, -0.05) is 0 Å². The van der Waals surface area contributed by atoms with Crippen molar-refractivity contribution in [2.75, 3.05) is 27.3 Å². The predicted molar refractivity (Wildman–Crippen MR) is 75.8 cm³/mol. The summed E-state index contributed by atoms with van der Waals surface area (Å²) < 4.78 is 24.1. The van der Waals surface area contributed by atoms with Crippen molar-refractivity contribution in [3.8, 4) is 11.5 Å². The lowest BCUT2D eigenvalue weighted by molar-refractivity contribution is -0.143. The lowest BCUT2D eigenvalue weighted by Crippen LogP contribution is -2.40. The number of rotatable bonds is 4. The third kappa shape index (κ3) is 3.13. The summed E-state index contributed by atoms with van der Waals surface area (Å²) in [7, 11) is 2.79. The molecule has 1 amide bonds. The molecule has 0 bridgehead atoms. The number of carbonyl (C=O) groups is 2. The van der Waals surface area contributed by atoms with Crippen molar-refractivity contribution < 1.29 is 28.6 Å². The van der Waals surface area contributed by atoms with E-state index in [1.807, 2.05) is 0 Å². The highest BCUT2D eigenvalue weighted by atomic mass is 19.1. The second kappa shape index (κ2) is 6.64. The van der Waals surface area contributed by atoms with Crippen molar-refractivity contribution in [2.24, 2.45) is 5.92 Å². The van der Waals surface area contributed by atoms with Gasteiger partial charge in [-0.2, -0.15) is 0 Å². The molecule has 1 heterocycles. The molecule has 1 N–H and O–H groups in total. The Morgan fingerprint density at radius 1 is 1.18 bits per heavy atom. The quantitative estimate of drug-likeness (QED) is 0.917. The van der Waals surface area contributed by atoms with E-state index in [0.29, 0.717) is 25.9 Å². The molecule has 1 aromatic carbocycles. The second-order valence-corrected chi connectivity index (χ2v) is 5.09. The van der Waals surface area contributed by atoms with Crippen molar-refractivity contribution in [2.45, 2.75) is 12.8 Å². The first kappa shape index (κ1) is 16.1. The van der Waals surface area contributed by atoms with Gasteiger partial charge in [0.15, 0.2) is 11.5 Å². The Balaban J connectivity index is 2.18. The van der Waals surface area contributed by atoms with E-state index in [9.17, 15) is 14.0 Å². The van der Waals surface area contributed by atoms with Gasteiger partial charge >= 0.3 is 5.97 Å². The molecule has 6 nitrogen and oxygen atoms in total. The van der Waals surface area contributed by atoms with E-state index in [1.165, 1.54) is 25.2 Å². The number of likely N-dealkylation sites (tertiary alicyclic amines) is 1. The minimum atomic E-state index is -0.857. The molecule has 7 heteroatoms. The minimum Gasteiger partial charge on any atom is -0.493 e. The summed E-state index contributed by atoms with van der Waals surface area (Å²) >= 11 is 0. The zero-order chi connectivity index (χ0) is 16.3. The van der Waals surface area contributed by atoms with Gasteiger partial charge in [-0.05, 0) is 18.9 Å². The number of carbonyl (C=O) groups excluding carboxylic acids is 1. The van der Waals surface area contributed by atoms with Gasteiger partial charge in [-0.15, -0.1) is 0 Å². The summed E-state index contributed by atoms with van der Waals surface area (Å²) in [6.07, 6.45) is 0.742. The normalized spacial score (nSPS) is 15.5. The van der Waals surface area contributed by atoms with E-state index in [-0.39, 0.29) is 17.1 Å². The summed E-state index contributed by atoms with van der Waals surface area (Å²) in [4.78, 5) is 24.8. The van der Waals surface area contributed by atoms with E-state index in [1.54, 1.807) is 0 Å². The Bertz CT molecular complexity index is 582. The molecule has 1 fully saturated rings. The minimum absolute atomic E-state index is 0.105. The molecular weight excluding hydrogens is 293 g/mol. The number of benzene rings is 1. The van der Waals surface area contributed by atoms with Crippen LogP contribution < -0.4 is 9.47 Å². The van der Waals surface area contributed by atoms with Crippen molar-refractivity contribution in [1.29, 1.82) is 0 Å². The Morgan fingerprint density at radius 2 is 1.73 bits per heavy atom. The third-order valence-corrected chi connectivity index (χ3v) is 3.84. The van der Waals surface area contributed by atoms with E-state index >= 15 is 0 Å². The standard InChI is InChI=1S/C15H18FNO5/c1-21-12-7-10(11(16)8-13(12)22-2)14(18)17-5-3-9(4-6-17)15(19)20/h7-9H,3-6H2,1-2H3,(H,19,20). The van der Waals surface area contributed by atoms with Crippen LogP contribution in [0.2, 0.25) is 0 Å². The summed E-state index contributed by atoms with van der Waals surface area (Å²) in [5.74, 6) is -1.98. The number of hydrogen-bond donors (Lipinski definition) is 1. The van der Waals surface area contributed by atoms with Crippen LogP contribution in [0, 0.1) is 11.7 Å². The van der Waals surface area contributed by atoms with Gasteiger partial charge in [0.25, 0.3) is 5.91 Å². The van der Waals surface area contributed by atoms with Gasteiger partial charge in [0, 0.05) is 19.2 Å². The Morgan fingerprint density at radius 3 is 2.23 bits per heavy atom. The SMILES string of the molecule is COc1cc(F)c(C(=O)N2CCC(C(=O)O)CC2)cc1OC. The summed E-state index contributed by atoms with van der Waals surface area (Å²) in [5, 5.41) is 8.96. The van der Waals surface area contributed by atoms with Crippen LogP contribution in [-0.2, 0) is 4.79 Å². The third-order valence-electron chi connectivity index (χ3n) is 3.84. The van der Waals surface area contributed by atoms with E-state index in [2.05, 4.69) is 0 Å². The van der Waals surface area contributed by atoms with Crippen LogP contribution in [0.25, 0.3) is 0 Å². The largest absolute Gasteiger partial charge is 0.493 e. The van der Waals surface area contributed by atoms with Crippen LogP contribution in [0.5, 0.6) is 11.5 Å². The first-order valence-electron chi connectivity index (χ1n) is 6.91. The zero-order valence-corrected chi connectivity index (χ0v) is 12.5. The van der Waals surface area contributed by atoms with Gasteiger partial charge in [0.05, 0.1) is 25.7 Å². The van der Waals surface area contributed by atoms with Gasteiger partial charge in [0.2, 0.25) is 0 Å².